The van der Waals surface area contributed by atoms with E-state index < -0.39 is 16.1 Å². The van der Waals surface area contributed by atoms with E-state index >= 15 is 0 Å². The van der Waals surface area contributed by atoms with Crippen LogP contribution in [0.5, 0.6) is 0 Å². The number of likely N-dealkylation sites (N-methyl/N-ethyl adjacent to an activating group) is 1. The number of aromatic nitrogens is 2. The topological polar surface area (TPSA) is 95.2 Å². The monoisotopic (exact) mass is 324 g/mol. The molecule has 0 aliphatic rings. The van der Waals surface area contributed by atoms with Crippen molar-refractivity contribution in [3.63, 3.8) is 0 Å². The molecule has 1 heterocycles. The highest BCUT2D eigenvalue weighted by Gasteiger charge is 2.21. The molecule has 0 fully saturated rings. The molecule has 1 amide bonds. The van der Waals surface area contributed by atoms with Gasteiger partial charge in [0.1, 0.15) is 5.82 Å². The molecule has 2 rings (SSSR count). The van der Waals surface area contributed by atoms with E-state index in [1.807, 2.05) is 25.1 Å². The summed E-state index contributed by atoms with van der Waals surface area (Å²) in [4.78, 5) is 21.3. The summed E-state index contributed by atoms with van der Waals surface area (Å²) in [5.74, 6) is 0.342. The van der Waals surface area contributed by atoms with Crippen molar-refractivity contribution in [2.45, 2.75) is 26.4 Å². The number of benzene rings is 1. The van der Waals surface area contributed by atoms with Crippen LogP contribution < -0.4 is 4.72 Å². The van der Waals surface area contributed by atoms with Gasteiger partial charge in [0.25, 0.3) is 0 Å². The number of hydrogen-bond donors (Lipinski definition) is 2. The van der Waals surface area contributed by atoms with Crippen molar-refractivity contribution in [1.82, 2.24) is 19.6 Å². The average molecular weight is 324 g/mol. The lowest BCUT2D eigenvalue weighted by molar-refractivity contribution is -0.131. The number of fused-ring (bicyclic) bond motifs is 1. The number of nitrogens with zero attached hydrogens (tertiary/aromatic N) is 2. The van der Waals surface area contributed by atoms with Crippen LogP contribution in [0.25, 0.3) is 11.0 Å². The number of hydrogen-bond acceptors (Lipinski definition) is 4. The molecule has 2 aromatic rings. The van der Waals surface area contributed by atoms with Crippen LogP contribution in [0.15, 0.2) is 18.2 Å². The maximum Gasteiger partial charge on any atom is 0.240 e. The molecule has 7 nitrogen and oxygen atoms in total. The minimum absolute atomic E-state index is 0.280. The Kier molecular flexibility index (Phi) is 4.52. The van der Waals surface area contributed by atoms with Crippen molar-refractivity contribution in [1.29, 1.82) is 0 Å². The van der Waals surface area contributed by atoms with Crippen LogP contribution in [0.4, 0.5) is 0 Å². The number of aromatic amines is 1. The van der Waals surface area contributed by atoms with Gasteiger partial charge in [-0.25, -0.2) is 18.1 Å². The number of rotatable bonds is 5. The van der Waals surface area contributed by atoms with Gasteiger partial charge in [-0.1, -0.05) is 12.1 Å². The number of para-hydroxylation sites is 1. The van der Waals surface area contributed by atoms with E-state index in [0.717, 1.165) is 22.9 Å². The summed E-state index contributed by atoms with van der Waals surface area (Å²) in [6.07, 6.45) is 1.03. The molecule has 0 saturated heterocycles. The summed E-state index contributed by atoms with van der Waals surface area (Å²) < 4.78 is 24.6. The van der Waals surface area contributed by atoms with Gasteiger partial charge in [-0.05, 0) is 25.5 Å². The number of carbonyl (C=O) groups excluding carboxylic acids is 1. The number of H-pyrrole nitrogens is 1. The quantitative estimate of drug-likeness (QED) is 0.849. The summed E-state index contributed by atoms with van der Waals surface area (Å²) >= 11 is 0. The minimum atomic E-state index is -3.42. The van der Waals surface area contributed by atoms with Crippen molar-refractivity contribution >= 4 is 27.0 Å². The van der Waals surface area contributed by atoms with Crippen molar-refractivity contribution in [3.8, 4) is 0 Å². The van der Waals surface area contributed by atoms with Gasteiger partial charge in [-0.3, -0.25) is 4.79 Å². The molecule has 22 heavy (non-hydrogen) atoms. The summed E-state index contributed by atoms with van der Waals surface area (Å²) in [5.41, 5.74) is 2.85. The smallest absolute Gasteiger partial charge is 0.240 e. The first kappa shape index (κ1) is 16.4. The zero-order valence-corrected chi connectivity index (χ0v) is 13.9. The fourth-order valence-electron chi connectivity index (χ4n) is 2.31. The number of amides is 1. The second-order valence-electron chi connectivity index (χ2n) is 5.46. The minimum Gasteiger partial charge on any atom is -0.340 e. The first-order chi connectivity index (χ1) is 10.2. The van der Waals surface area contributed by atoms with Crippen LogP contribution >= 0.6 is 0 Å². The third-order valence-electron chi connectivity index (χ3n) is 3.29. The number of imidazole rings is 1. The van der Waals surface area contributed by atoms with E-state index in [0.29, 0.717) is 5.82 Å². The van der Waals surface area contributed by atoms with Crippen LogP contribution in [-0.4, -0.2) is 48.5 Å². The molecule has 8 heteroatoms. The highest BCUT2D eigenvalue weighted by Crippen LogP contribution is 2.16. The predicted molar refractivity (Wildman–Crippen MR) is 84.7 cm³/mol. The molecule has 0 spiro atoms. The Bertz CT molecular complexity index is 798. The largest absolute Gasteiger partial charge is 0.340 e. The zero-order chi connectivity index (χ0) is 16.5. The van der Waals surface area contributed by atoms with Gasteiger partial charge in [-0.2, -0.15) is 0 Å². The molecule has 1 atom stereocenters. The van der Waals surface area contributed by atoms with E-state index in [9.17, 15) is 13.2 Å². The highest BCUT2D eigenvalue weighted by molar-refractivity contribution is 7.88. The highest BCUT2D eigenvalue weighted by atomic mass is 32.2. The van der Waals surface area contributed by atoms with Crippen LogP contribution in [-0.2, 0) is 21.4 Å². The Morgan fingerprint density at radius 2 is 2.14 bits per heavy atom. The van der Waals surface area contributed by atoms with Crippen molar-refractivity contribution in [3.05, 3.63) is 29.6 Å². The molecular weight excluding hydrogens is 304 g/mol. The average Bonchev–Trinajstić information content (AvgIpc) is 2.79. The molecule has 0 aliphatic carbocycles. The Labute approximate surface area is 129 Å². The molecule has 1 aromatic carbocycles. The lowest BCUT2D eigenvalue weighted by Crippen LogP contribution is -2.44. The number of carbonyl (C=O) groups is 1. The molecule has 2 N–H and O–H groups in total. The molecule has 120 valence electrons. The summed E-state index contributed by atoms with van der Waals surface area (Å²) in [6, 6.07) is 5.02. The molecule has 0 aliphatic heterocycles. The zero-order valence-electron chi connectivity index (χ0n) is 13.0. The lowest BCUT2D eigenvalue weighted by Gasteiger charge is -2.20. The fraction of sp³-hybridized carbons (Fsp3) is 0.429. The van der Waals surface area contributed by atoms with E-state index in [1.165, 1.54) is 11.8 Å². The van der Waals surface area contributed by atoms with Gasteiger partial charge >= 0.3 is 0 Å². The fourth-order valence-corrected chi connectivity index (χ4v) is 3.05. The normalized spacial score (nSPS) is 13.3. The van der Waals surface area contributed by atoms with Gasteiger partial charge in [0.2, 0.25) is 15.9 Å². The maximum atomic E-state index is 12.2. The Morgan fingerprint density at radius 3 is 2.73 bits per heavy atom. The van der Waals surface area contributed by atoms with Gasteiger partial charge in [0.15, 0.2) is 0 Å². The third kappa shape index (κ3) is 3.83. The second-order valence-corrected chi connectivity index (χ2v) is 7.24. The molecule has 0 bridgehead atoms. The second kappa shape index (κ2) is 6.05. The Morgan fingerprint density at radius 1 is 1.45 bits per heavy atom. The van der Waals surface area contributed by atoms with Gasteiger partial charge in [-0.15, -0.1) is 0 Å². The Balaban J connectivity index is 2.11. The van der Waals surface area contributed by atoms with Crippen LogP contribution in [0.2, 0.25) is 0 Å². The Hall–Kier alpha value is -1.93. The molecule has 1 unspecified atom stereocenters. The number of sulfonamides is 1. The number of nitrogens with one attached hydrogen (secondary N) is 2. The van der Waals surface area contributed by atoms with E-state index in [4.69, 9.17) is 0 Å². The summed E-state index contributed by atoms with van der Waals surface area (Å²) in [6.45, 7) is 3.77. The molecular formula is C14H20N4O3S. The van der Waals surface area contributed by atoms with E-state index in [1.54, 1.807) is 7.05 Å². The lowest BCUT2D eigenvalue weighted by atomic mass is 10.2. The van der Waals surface area contributed by atoms with Crippen LogP contribution in [0.3, 0.4) is 0 Å². The van der Waals surface area contributed by atoms with Gasteiger partial charge < -0.3 is 9.88 Å². The van der Waals surface area contributed by atoms with E-state index in [-0.39, 0.29) is 12.5 Å². The van der Waals surface area contributed by atoms with Crippen molar-refractivity contribution in [2.75, 3.05) is 13.3 Å². The summed E-state index contributed by atoms with van der Waals surface area (Å²) in [7, 11) is -1.81. The summed E-state index contributed by atoms with van der Waals surface area (Å²) in [5, 5.41) is 0. The predicted octanol–water partition coefficient (Wildman–Crippen LogP) is 0.767. The standard InChI is InChI=1S/C14H20N4O3S/c1-9-6-5-7-11-13(9)16-12(15-11)8-18(3)14(19)10(2)17-22(4,20)21/h5-7,10,17H,8H2,1-4H3,(H,15,16). The van der Waals surface area contributed by atoms with Crippen molar-refractivity contribution < 1.29 is 13.2 Å². The maximum absolute atomic E-state index is 12.2. The molecule has 0 saturated carbocycles. The third-order valence-corrected chi connectivity index (χ3v) is 4.07. The van der Waals surface area contributed by atoms with Gasteiger partial charge in [0.05, 0.1) is 29.9 Å². The van der Waals surface area contributed by atoms with Crippen LogP contribution in [0.1, 0.15) is 18.3 Å². The van der Waals surface area contributed by atoms with E-state index in [2.05, 4.69) is 14.7 Å². The molecule has 1 aromatic heterocycles. The molecule has 0 radical (unpaired) electrons. The first-order valence-corrected chi connectivity index (χ1v) is 8.73. The SMILES string of the molecule is Cc1cccc2[nH]c(CN(C)C(=O)C(C)NS(C)(=O)=O)nc12. The first-order valence-electron chi connectivity index (χ1n) is 6.84. The van der Waals surface area contributed by atoms with Crippen LogP contribution in [0, 0.1) is 6.92 Å². The number of aryl methyl sites for hydroxylation is 1. The van der Waals surface area contributed by atoms with Crippen molar-refractivity contribution in [2.24, 2.45) is 0 Å². The van der Waals surface area contributed by atoms with Gasteiger partial charge in [0, 0.05) is 7.05 Å².